The fraction of sp³-hybridized carbons (Fsp3) is 0.429. The van der Waals surface area contributed by atoms with Crippen molar-refractivity contribution in [3.63, 3.8) is 0 Å². The fourth-order valence-corrected chi connectivity index (χ4v) is 2.77. The molecule has 2 N–H and O–H groups in total. The third kappa shape index (κ3) is 5.96. The van der Waals surface area contributed by atoms with Gasteiger partial charge in [0.15, 0.2) is 11.7 Å². The van der Waals surface area contributed by atoms with E-state index in [1.807, 2.05) is 17.5 Å². The van der Waals surface area contributed by atoms with Crippen LogP contribution in [0.4, 0.5) is 13.2 Å². The van der Waals surface area contributed by atoms with Gasteiger partial charge in [-0.1, -0.05) is 6.07 Å². The van der Waals surface area contributed by atoms with Crippen LogP contribution in [0.3, 0.4) is 0 Å². The number of hydrogen-bond acceptors (Lipinski definition) is 3. The Labute approximate surface area is 159 Å². The highest BCUT2D eigenvalue weighted by Gasteiger charge is 2.36. The summed E-state index contributed by atoms with van der Waals surface area (Å²) < 4.78 is 39.8. The van der Waals surface area contributed by atoms with E-state index in [4.69, 9.17) is 0 Å². The number of rotatable bonds is 5. The van der Waals surface area contributed by atoms with Gasteiger partial charge in [0.2, 0.25) is 0 Å². The molecule has 0 bridgehead atoms. The summed E-state index contributed by atoms with van der Waals surface area (Å²) in [6.45, 7) is 0.653. The van der Waals surface area contributed by atoms with Crippen LogP contribution in [0.15, 0.2) is 28.7 Å². The lowest BCUT2D eigenvalue weighted by molar-refractivity contribution is -0.142. The number of nitrogens with zero attached hydrogens (tertiary/aromatic N) is 3. The van der Waals surface area contributed by atoms with Crippen LogP contribution in [0.2, 0.25) is 0 Å². The number of hydrogen-bond donors (Lipinski definition) is 2. The molecule has 134 valence electrons. The minimum Gasteiger partial charge on any atom is -0.356 e. The van der Waals surface area contributed by atoms with Crippen molar-refractivity contribution in [2.45, 2.75) is 19.1 Å². The predicted octanol–water partition coefficient (Wildman–Crippen LogP) is 3.03. The van der Waals surface area contributed by atoms with Crippen molar-refractivity contribution in [2.24, 2.45) is 12.0 Å². The van der Waals surface area contributed by atoms with Crippen molar-refractivity contribution in [1.82, 2.24) is 20.4 Å². The SMILES string of the molecule is CN=C(NCCc1cccs1)NCc1cn(C)nc1C(F)(F)F.I. The summed E-state index contributed by atoms with van der Waals surface area (Å²) in [7, 11) is 3.04. The first-order chi connectivity index (χ1) is 10.9. The highest BCUT2D eigenvalue weighted by molar-refractivity contribution is 14.0. The molecule has 0 aliphatic rings. The maximum atomic E-state index is 12.9. The minimum atomic E-state index is -4.46. The Morgan fingerprint density at radius 3 is 2.71 bits per heavy atom. The summed E-state index contributed by atoms with van der Waals surface area (Å²) in [4.78, 5) is 5.25. The second kappa shape index (κ2) is 9.25. The maximum absolute atomic E-state index is 12.9. The van der Waals surface area contributed by atoms with Gasteiger partial charge >= 0.3 is 6.18 Å². The summed E-state index contributed by atoms with van der Waals surface area (Å²) in [5.74, 6) is 0.457. The molecule has 2 rings (SSSR count). The van der Waals surface area contributed by atoms with Crippen molar-refractivity contribution < 1.29 is 13.2 Å². The topological polar surface area (TPSA) is 54.2 Å². The third-order valence-corrected chi connectivity index (χ3v) is 4.02. The second-order valence-electron chi connectivity index (χ2n) is 4.86. The molecule has 10 heteroatoms. The highest BCUT2D eigenvalue weighted by Crippen LogP contribution is 2.30. The van der Waals surface area contributed by atoms with Gasteiger partial charge in [-0.05, 0) is 17.9 Å². The lowest BCUT2D eigenvalue weighted by Gasteiger charge is -2.12. The molecule has 5 nitrogen and oxygen atoms in total. The average Bonchev–Trinajstić information content (AvgIpc) is 3.11. The first-order valence-corrected chi connectivity index (χ1v) is 7.84. The van der Waals surface area contributed by atoms with E-state index in [2.05, 4.69) is 20.7 Å². The monoisotopic (exact) mass is 473 g/mol. The van der Waals surface area contributed by atoms with Crippen LogP contribution in [0, 0.1) is 0 Å². The standard InChI is InChI=1S/C14H18F3N5S.HI/c1-18-13(19-6-5-11-4-3-7-23-11)20-8-10-9-22(2)21-12(10)14(15,16)17;/h3-4,7,9H,5-6,8H2,1-2H3,(H2,18,19,20);1H. The number of aliphatic imine (C=N–C) groups is 1. The summed E-state index contributed by atoms with van der Waals surface area (Å²) in [5, 5.41) is 11.4. The largest absolute Gasteiger partial charge is 0.435 e. The average molecular weight is 473 g/mol. The van der Waals surface area contributed by atoms with Gasteiger partial charge in [0, 0.05) is 43.8 Å². The number of aromatic nitrogens is 2. The van der Waals surface area contributed by atoms with Gasteiger partial charge in [0.1, 0.15) is 0 Å². The summed E-state index contributed by atoms with van der Waals surface area (Å²) in [6, 6.07) is 4.02. The summed E-state index contributed by atoms with van der Waals surface area (Å²) >= 11 is 1.66. The molecule has 0 spiro atoms. The van der Waals surface area contributed by atoms with Crippen molar-refractivity contribution in [3.05, 3.63) is 39.8 Å². The molecule has 0 radical (unpaired) electrons. The molecule has 2 heterocycles. The van der Waals surface area contributed by atoms with E-state index in [0.717, 1.165) is 11.1 Å². The van der Waals surface area contributed by atoms with Crippen LogP contribution in [-0.2, 0) is 26.2 Å². The predicted molar refractivity (Wildman–Crippen MR) is 99.8 cm³/mol. The van der Waals surface area contributed by atoms with Crippen molar-refractivity contribution in [3.8, 4) is 0 Å². The second-order valence-corrected chi connectivity index (χ2v) is 5.89. The third-order valence-electron chi connectivity index (χ3n) is 3.09. The Bertz CT molecular complexity index is 652. The molecule has 0 unspecified atom stereocenters. The van der Waals surface area contributed by atoms with E-state index in [0.29, 0.717) is 12.5 Å². The first kappa shape index (κ1) is 20.7. The molecule has 24 heavy (non-hydrogen) atoms. The molecule has 0 saturated carbocycles. The molecule has 0 aromatic carbocycles. The molecule has 2 aromatic rings. The van der Waals surface area contributed by atoms with Crippen LogP contribution in [0.5, 0.6) is 0 Å². The molecule has 2 aromatic heterocycles. The Morgan fingerprint density at radius 2 is 2.12 bits per heavy atom. The molecule has 0 atom stereocenters. The Hall–Kier alpha value is -1.30. The lowest BCUT2D eigenvalue weighted by Crippen LogP contribution is -2.38. The fourth-order valence-electron chi connectivity index (χ4n) is 2.06. The van der Waals surface area contributed by atoms with E-state index in [-0.39, 0.29) is 36.1 Å². The molecule has 0 aliphatic heterocycles. The normalized spacial score (nSPS) is 12.0. The number of guanidine groups is 1. The molecule has 0 saturated heterocycles. The van der Waals surface area contributed by atoms with Crippen LogP contribution in [0.1, 0.15) is 16.1 Å². The van der Waals surface area contributed by atoms with Crippen LogP contribution in [-0.4, -0.2) is 29.3 Å². The van der Waals surface area contributed by atoms with Crippen LogP contribution >= 0.6 is 35.3 Å². The Balaban J connectivity index is 0.00000288. The quantitative estimate of drug-likeness (QED) is 0.399. The molecule has 0 fully saturated rings. The van der Waals surface area contributed by atoms with E-state index in [1.54, 1.807) is 18.4 Å². The lowest BCUT2D eigenvalue weighted by atomic mass is 10.2. The number of aryl methyl sites for hydroxylation is 1. The number of nitrogens with one attached hydrogen (secondary N) is 2. The number of alkyl halides is 3. The maximum Gasteiger partial charge on any atom is 0.435 e. The zero-order chi connectivity index (χ0) is 16.9. The zero-order valence-corrected chi connectivity index (χ0v) is 16.4. The number of thiophene rings is 1. The van der Waals surface area contributed by atoms with Gasteiger partial charge in [0.05, 0.1) is 0 Å². The first-order valence-electron chi connectivity index (χ1n) is 6.96. The van der Waals surface area contributed by atoms with E-state index < -0.39 is 11.9 Å². The number of halogens is 4. The van der Waals surface area contributed by atoms with Gasteiger partial charge in [0.25, 0.3) is 0 Å². The van der Waals surface area contributed by atoms with Gasteiger partial charge in [-0.15, -0.1) is 35.3 Å². The highest BCUT2D eigenvalue weighted by atomic mass is 127. The van der Waals surface area contributed by atoms with Gasteiger partial charge < -0.3 is 10.6 Å². The smallest absolute Gasteiger partial charge is 0.356 e. The van der Waals surface area contributed by atoms with Crippen molar-refractivity contribution in [2.75, 3.05) is 13.6 Å². The zero-order valence-electron chi connectivity index (χ0n) is 13.2. The Kier molecular flexibility index (Phi) is 8.00. The van der Waals surface area contributed by atoms with E-state index in [1.165, 1.54) is 18.1 Å². The minimum absolute atomic E-state index is 0. The van der Waals surface area contributed by atoms with E-state index >= 15 is 0 Å². The van der Waals surface area contributed by atoms with Gasteiger partial charge in [-0.3, -0.25) is 9.67 Å². The molecular formula is C14H19F3IN5S. The van der Waals surface area contributed by atoms with Gasteiger partial charge in [-0.25, -0.2) is 0 Å². The van der Waals surface area contributed by atoms with Crippen molar-refractivity contribution >= 4 is 41.3 Å². The van der Waals surface area contributed by atoms with Gasteiger partial charge in [-0.2, -0.15) is 18.3 Å². The summed E-state index contributed by atoms with van der Waals surface area (Å²) in [5.41, 5.74) is -0.789. The molecule has 0 aliphatic carbocycles. The summed E-state index contributed by atoms with van der Waals surface area (Å²) in [6.07, 6.45) is -2.28. The Morgan fingerprint density at radius 1 is 1.38 bits per heavy atom. The van der Waals surface area contributed by atoms with Crippen molar-refractivity contribution in [1.29, 1.82) is 0 Å². The van der Waals surface area contributed by atoms with Crippen LogP contribution in [0.25, 0.3) is 0 Å². The molecular weight excluding hydrogens is 454 g/mol. The van der Waals surface area contributed by atoms with Crippen LogP contribution < -0.4 is 10.6 Å². The van der Waals surface area contributed by atoms with E-state index in [9.17, 15) is 13.2 Å². The molecule has 0 amide bonds.